The van der Waals surface area contributed by atoms with E-state index in [0.717, 1.165) is 33.9 Å². The van der Waals surface area contributed by atoms with Crippen molar-refractivity contribution in [1.29, 1.82) is 0 Å². The van der Waals surface area contributed by atoms with Gasteiger partial charge in [-0.2, -0.15) is 0 Å². The van der Waals surface area contributed by atoms with Crippen molar-refractivity contribution in [2.24, 2.45) is 4.52 Å². The molecule has 2 unspecified atom stereocenters. The molecular weight excluding hydrogens is 625 g/mol. The van der Waals surface area contributed by atoms with Crippen LogP contribution in [0.25, 0.3) is 0 Å². The topological polar surface area (TPSA) is 107 Å². The van der Waals surface area contributed by atoms with Crippen LogP contribution in [0, 0.1) is 0 Å². The number of methoxy groups -OCH3 is 3. The number of hydrogen-bond acceptors (Lipinski definition) is 11. The Bertz CT molecular complexity index is 1250. The van der Waals surface area contributed by atoms with Gasteiger partial charge in [0.15, 0.2) is 0 Å². The number of hydrogen-bond donors (Lipinski definition) is 1. The van der Waals surface area contributed by atoms with E-state index in [1.807, 2.05) is 93.6 Å². The summed E-state index contributed by atoms with van der Waals surface area (Å²) in [5, 5.41) is 0. The van der Waals surface area contributed by atoms with Crippen LogP contribution < -0.4 is 19.1 Å². The first-order valence-corrected chi connectivity index (χ1v) is 18.5. The van der Waals surface area contributed by atoms with E-state index in [1.54, 1.807) is 21.3 Å². The van der Waals surface area contributed by atoms with Crippen LogP contribution in [0.15, 0.2) is 77.3 Å². The van der Waals surface area contributed by atoms with Gasteiger partial charge in [-0.05, 0) is 0 Å². The Hall–Kier alpha value is -2.13. The summed E-state index contributed by atoms with van der Waals surface area (Å²) in [6.45, 7) is 7.66. The molecule has 3 rings (SSSR count). The van der Waals surface area contributed by atoms with Gasteiger partial charge in [-0.15, -0.1) is 0 Å². The molecule has 14 heteroatoms. The second-order valence-electron chi connectivity index (χ2n) is 9.01. The van der Waals surface area contributed by atoms with E-state index >= 15 is 0 Å². The first-order chi connectivity index (χ1) is 21.5. The molecule has 1 N–H and O–H groups in total. The van der Waals surface area contributed by atoms with Gasteiger partial charge in [0.25, 0.3) is 0 Å². The monoisotopic (exact) mass is 670 g/mol. The Morgan fingerprint density at radius 2 is 1.09 bits per heavy atom. The van der Waals surface area contributed by atoms with Crippen molar-refractivity contribution in [2.75, 3.05) is 41.2 Å². The molecule has 0 aliphatic rings. The van der Waals surface area contributed by atoms with Crippen LogP contribution in [0.3, 0.4) is 0 Å². The van der Waals surface area contributed by atoms with E-state index in [2.05, 4.69) is 4.86 Å². The predicted molar refractivity (Wildman–Crippen MR) is 177 cm³/mol. The quantitative estimate of drug-likeness (QED) is 0.111. The van der Waals surface area contributed by atoms with E-state index in [9.17, 15) is 0 Å². The molecule has 0 radical (unpaired) electrons. The minimum atomic E-state index is -3.63. The van der Waals surface area contributed by atoms with Crippen molar-refractivity contribution >= 4 is 24.7 Å². The summed E-state index contributed by atoms with van der Waals surface area (Å²) in [6.07, 6.45) is 0. The van der Waals surface area contributed by atoms with Crippen molar-refractivity contribution in [3.05, 3.63) is 89.5 Å². The van der Waals surface area contributed by atoms with E-state index in [4.69, 9.17) is 45.9 Å². The van der Waals surface area contributed by atoms with Crippen molar-refractivity contribution < 1.29 is 41.4 Å². The number of benzene rings is 3. The zero-order valence-electron chi connectivity index (χ0n) is 26.2. The molecule has 0 bridgehead atoms. The third-order valence-electron chi connectivity index (χ3n) is 5.95. The molecule has 0 amide bonds. The molecule has 0 aliphatic carbocycles. The molecule has 0 saturated heterocycles. The zero-order valence-corrected chi connectivity index (χ0v) is 29.1. The Kier molecular flexibility index (Phi) is 16.6. The number of rotatable bonds is 21. The zero-order chi connectivity index (χ0) is 31.6. The van der Waals surface area contributed by atoms with Crippen LogP contribution in [0.5, 0.6) is 17.2 Å². The van der Waals surface area contributed by atoms with Gasteiger partial charge < -0.3 is 0 Å². The van der Waals surface area contributed by atoms with E-state index in [1.165, 1.54) is 0 Å². The van der Waals surface area contributed by atoms with Crippen LogP contribution in [0.1, 0.15) is 37.5 Å². The summed E-state index contributed by atoms with van der Waals surface area (Å²) in [4.78, 5) is 3.40. The van der Waals surface area contributed by atoms with Crippen molar-refractivity contribution in [3.8, 4) is 17.2 Å². The predicted octanol–water partition coefficient (Wildman–Crippen LogP) is 8.23. The number of nitrogens with zero attached hydrogens (tertiary/aromatic N) is 1. The maximum atomic E-state index is 6.53. The molecule has 0 heterocycles. The van der Waals surface area contributed by atoms with Gasteiger partial charge in [0.1, 0.15) is 0 Å². The third kappa shape index (κ3) is 12.3. The molecule has 3 aromatic carbocycles. The van der Waals surface area contributed by atoms with Crippen LogP contribution in [0.2, 0.25) is 0 Å². The van der Waals surface area contributed by atoms with Crippen LogP contribution in [-0.4, -0.2) is 41.2 Å². The van der Waals surface area contributed by atoms with Gasteiger partial charge >= 0.3 is 264 Å². The van der Waals surface area contributed by atoms with Crippen molar-refractivity contribution in [3.63, 3.8) is 0 Å². The van der Waals surface area contributed by atoms with Crippen molar-refractivity contribution in [1.82, 2.24) is 4.86 Å². The summed E-state index contributed by atoms with van der Waals surface area (Å²) < 4.78 is 58.2. The molecule has 11 nitrogen and oxygen atoms in total. The Balaban J connectivity index is 1.89. The van der Waals surface area contributed by atoms with Crippen LogP contribution in [0.4, 0.5) is 0 Å². The van der Waals surface area contributed by atoms with Gasteiger partial charge in [0.2, 0.25) is 0 Å². The van der Waals surface area contributed by atoms with Gasteiger partial charge in [-0.25, -0.2) is 0 Å². The van der Waals surface area contributed by atoms with Gasteiger partial charge in [0, 0.05) is 0 Å². The summed E-state index contributed by atoms with van der Waals surface area (Å²) in [7, 11) is -2.63. The average Bonchev–Trinajstić information content (AvgIpc) is 3.06. The molecule has 244 valence electrons. The standard InChI is InChI=1S/C30H45N2O9P3/c1-7-36-42(38-22-25-10-16-28(33-4)17-11-25)31-44(40-9-3,41-24-27-14-20-30(35-6)21-15-27)32-43(37-8-2)39-23-26-12-18-29(34-5)19-13-26/h10-21,31,43-44H,7-9,22-24H2,1-6H3. The van der Waals surface area contributed by atoms with E-state index in [0.29, 0.717) is 33.0 Å². The number of nitrogens with one attached hydrogen (secondary N) is 1. The van der Waals surface area contributed by atoms with Crippen LogP contribution in [-0.2, 0) is 47.0 Å². The fraction of sp³-hybridized carbons (Fsp3) is 0.400. The normalized spacial score (nSPS) is 13.4. The van der Waals surface area contributed by atoms with Crippen molar-refractivity contribution in [2.45, 2.75) is 40.6 Å². The summed E-state index contributed by atoms with van der Waals surface area (Å²) in [6, 6.07) is 22.9. The first kappa shape index (κ1) is 36.3. The second kappa shape index (κ2) is 20.1. The Morgan fingerprint density at radius 1 is 0.591 bits per heavy atom. The fourth-order valence-electron chi connectivity index (χ4n) is 3.70. The third-order valence-corrected chi connectivity index (χ3v) is 12.7. The van der Waals surface area contributed by atoms with Crippen LogP contribution >= 0.6 is 24.7 Å². The molecule has 0 aliphatic heterocycles. The van der Waals surface area contributed by atoms with E-state index in [-0.39, 0.29) is 6.61 Å². The Morgan fingerprint density at radius 3 is 1.55 bits per heavy atom. The average molecular weight is 671 g/mol. The van der Waals surface area contributed by atoms with E-state index < -0.39 is 24.7 Å². The summed E-state index contributed by atoms with van der Waals surface area (Å²) >= 11 is 0. The first-order valence-electron chi connectivity index (χ1n) is 14.3. The molecule has 0 fully saturated rings. The molecule has 0 spiro atoms. The second-order valence-corrected chi connectivity index (χ2v) is 14.7. The Labute approximate surface area is 263 Å². The fourth-order valence-corrected chi connectivity index (χ4v) is 10.3. The van der Waals surface area contributed by atoms with Gasteiger partial charge in [-0.3, -0.25) is 0 Å². The molecular formula is C30H45N2O9P3. The molecule has 0 aromatic heterocycles. The maximum absolute atomic E-state index is 6.53. The minimum absolute atomic E-state index is 0.222. The van der Waals surface area contributed by atoms with Gasteiger partial charge in [-0.1, -0.05) is 0 Å². The van der Waals surface area contributed by atoms with Gasteiger partial charge in [0.05, 0.1) is 0 Å². The number of ether oxygens (including phenoxy) is 3. The molecule has 0 saturated carbocycles. The summed E-state index contributed by atoms with van der Waals surface area (Å²) in [5.74, 6) is 2.30. The molecule has 2 atom stereocenters. The molecule has 44 heavy (non-hydrogen) atoms. The SMILES string of the molecule is CCOP(N[PH](N=[PH](OCC)OCc1ccc(OC)cc1)(OCC)OCc1ccc(OC)cc1)OCc1ccc(OC)cc1. The molecule has 3 aromatic rings. The summed E-state index contributed by atoms with van der Waals surface area (Å²) in [5.41, 5.74) is 2.84.